The quantitative estimate of drug-likeness (QED) is 0.548. The van der Waals surface area contributed by atoms with Gasteiger partial charge in [0, 0.05) is 42.3 Å². The maximum absolute atomic E-state index is 8.68. The van der Waals surface area contributed by atoms with Crippen molar-refractivity contribution in [1.29, 1.82) is 5.41 Å². The van der Waals surface area contributed by atoms with Crippen molar-refractivity contribution in [2.24, 2.45) is 0 Å². The number of thiazole rings is 1. The van der Waals surface area contributed by atoms with Crippen molar-refractivity contribution in [3.05, 3.63) is 59.4 Å². The van der Waals surface area contributed by atoms with Gasteiger partial charge in [0.2, 0.25) is 0 Å². The fourth-order valence-electron chi connectivity index (χ4n) is 2.98. The van der Waals surface area contributed by atoms with Gasteiger partial charge in [-0.15, -0.1) is 11.3 Å². The van der Waals surface area contributed by atoms with Crippen molar-refractivity contribution < 1.29 is 4.74 Å². The molecule has 1 saturated heterocycles. The fraction of sp³-hybridized carbons (Fsp3) is 0.211. The zero-order valence-corrected chi connectivity index (χ0v) is 15.0. The molecule has 1 aliphatic heterocycles. The first-order valence-corrected chi connectivity index (χ1v) is 9.27. The molecule has 0 atom stereocenters. The molecule has 26 heavy (non-hydrogen) atoms. The minimum atomic E-state index is 0.394. The number of benzene rings is 1. The summed E-state index contributed by atoms with van der Waals surface area (Å²) in [5.41, 5.74) is 11.5. The van der Waals surface area contributed by atoms with E-state index in [0.29, 0.717) is 24.6 Å². The normalized spacial score (nSPS) is 14.4. The lowest BCUT2D eigenvalue weighted by atomic mass is 9.99. The van der Waals surface area contributed by atoms with Crippen molar-refractivity contribution in [3.63, 3.8) is 0 Å². The number of nitrogens with one attached hydrogen (secondary N) is 1. The number of rotatable bonds is 4. The van der Waals surface area contributed by atoms with E-state index in [1.165, 1.54) is 0 Å². The molecule has 2 aromatic heterocycles. The molecule has 6 nitrogen and oxygen atoms in total. The molecule has 0 unspecified atom stereocenters. The number of nitrogens with two attached hydrogens (primary N) is 1. The summed E-state index contributed by atoms with van der Waals surface area (Å²) in [6, 6.07) is 9.58. The molecule has 3 heterocycles. The minimum Gasteiger partial charge on any atom is -0.398 e. The smallest absolute Gasteiger partial charge is 0.129 e. The Labute approximate surface area is 155 Å². The summed E-state index contributed by atoms with van der Waals surface area (Å²) < 4.78 is 5.40. The van der Waals surface area contributed by atoms with E-state index in [0.717, 1.165) is 40.5 Å². The van der Waals surface area contributed by atoms with Gasteiger partial charge < -0.3 is 15.4 Å². The lowest BCUT2D eigenvalue weighted by molar-refractivity contribution is 0.122. The van der Waals surface area contributed by atoms with Crippen LogP contribution in [-0.2, 0) is 4.74 Å². The van der Waals surface area contributed by atoms with Crippen LogP contribution in [0.2, 0.25) is 0 Å². The predicted molar refractivity (Wildman–Crippen MR) is 105 cm³/mol. The summed E-state index contributed by atoms with van der Waals surface area (Å²) in [6.07, 6.45) is 3.57. The van der Waals surface area contributed by atoms with E-state index in [9.17, 15) is 0 Å². The Morgan fingerprint density at radius 2 is 2.04 bits per heavy atom. The maximum atomic E-state index is 8.68. The number of morpholine rings is 1. The van der Waals surface area contributed by atoms with Crippen molar-refractivity contribution in [2.45, 2.75) is 0 Å². The summed E-state index contributed by atoms with van der Waals surface area (Å²) in [4.78, 5) is 11.8. The van der Waals surface area contributed by atoms with E-state index in [1.807, 2.05) is 36.5 Å². The fourth-order valence-corrected chi connectivity index (χ4v) is 3.60. The van der Waals surface area contributed by atoms with Crippen LogP contribution >= 0.6 is 11.3 Å². The van der Waals surface area contributed by atoms with Gasteiger partial charge in [-0.2, -0.15) is 0 Å². The molecule has 0 amide bonds. The average molecular weight is 365 g/mol. The van der Waals surface area contributed by atoms with Gasteiger partial charge in [-0.25, -0.2) is 4.98 Å². The molecule has 7 heteroatoms. The van der Waals surface area contributed by atoms with E-state index >= 15 is 0 Å². The number of ether oxygens (including phenoxy) is 1. The van der Waals surface area contributed by atoms with Crippen molar-refractivity contribution >= 4 is 28.6 Å². The van der Waals surface area contributed by atoms with Crippen LogP contribution in [0.15, 0.2) is 48.2 Å². The second-order valence-corrected chi connectivity index (χ2v) is 6.93. The minimum absolute atomic E-state index is 0.394. The first-order valence-electron chi connectivity index (χ1n) is 8.39. The first-order chi connectivity index (χ1) is 12.7. The third-order valence-corrected chi connectivity index (χ3v) is 5.23. The SMILES string of the molecule is N=C(c1ccnc(N2CCOCC2)c1)c1cc(-c2cncs2)ccc1N. The van der Waals surface area contributed by atoms with E-state index in [2.05, 4.69) is 14.9 Å². The molecule has 0 bridgehead atoms. The van der Waals surface area contributed by atoms with Crippen LogP contribution in [0.1, 0.15) is 11.1 Å². The lowest BCUT2D eigenvalue weighted by Crippen LogP contribution is -2.36. The Morgan fingerprint density at radius 3 is 2.81 bits per heavy atom. The van der Waals surface area contributed by atoms with Gasteiger partial charge >= 0.3 is 0 Å². The second kappa shape index (κ2) is 7.23. The van der Waals surface area contributed by atoms with Crippen molar-refractivity contribution in [1.82, 2.24) is 9.97 Å². The Morgan fingerprint density at radius 1 is 1.19 bits per heavy atom. The van der Waals surface area contributed by atoms with Crippen LogP contribution in [0.5, 0.6) is 0 Å². The number of aromatic nitrogens is 2. The highest BCUT2D eigenvalue weighted by Gasteiger charge is 2.16. The van der Waals surface area contributed by atoms with Gasteiger partial charge in [0.05, 0.1) is 29.3 Å². The van der Waals surface area contributed by atoms with Crippen LogP contribution < -0.4 is 10.6 Å². The molecule has 1 aromatic carbocycles. The molecule has 3 N–H and O–H groups in total. The molecule has 132 valence electrons. The molecular weight excluding hydrogens is 346 g/mol. The Kier molecular flexibility index (Phi) is 4.64. The van der Waals surface area contributed by atoms with Gasteiger partial charge in [-0.05, 0) is 29.8 Å². The summed E-state index contributed by atoms with van der Waals surface area (Å²) in [6.45, 7) is 3.03. The lowest BCUT2D eigenvalue weighted by Gasteiger charge is -2.28. The molecule has 1 fully saturated rings. The van der Waals surface area contributed by atoms with Gasteiger partial charge in [0.1, 0.15) is 5.82 Å². The largest absolute Gasteiger partial charge is 0.398 e. The number of nitrogen functional groups attached to an aromatic ring is 1. The highest BCUT2D eigenvalue weighted by Crippen LogP contribution is 2.28. The third kappa shape index (κ3) is 3.31. The van der Waals surface area contributed by atoms with E-state index in [1.54, 1.807) is 23.0 Å². The van der Waals surface area contributed by atoms with E-state index in [-0.39, 0.29) is 0 Å². The Balaban J connectivity index is 1.66. The topological polar surface area (TPSA) is 88.1 Å². The Bertz CT molecular complexity index is 919. The summed E-state index contributed by atoms with van der Waals surface area (Å²) >= 11 is 1.57. The number of anilines is 2. The molecule has 3 aromatic rings. The highest BCUT2D eigenvalue weighted by atomic mass is 32.1. The molecule has 0 spiro atoms. The van der Waals surface area contributed by atoms with Crippen LogP contribution in [0.25, 0.3) is 10.4 Å². The number of pyridine rings is 1. The molecular formula is C19H19N5OS. The van der Waals surface area contributed by atoms with E-state index in [4.69, 9.17) is 15.9 Å². The standard InChI is InChI=1S/C19H19N5OS/c20-16-2-1-13(17-11-22-12-26-17)9-15(16)19(21)14-3-4-23-18(10-14)24-5-7-25-8-6-24/h1-4,9-12,21H,5-8,20H2. The van der Waals surface area contributed by atoms with Crippen LogP contribution in [0.3, 0.4) is 0 Å². The van der Waals surface area contributed by atoms with E-state index < -0.39 is 0 Å². The maximum Gasteiger partial charge on any atom is 0.129 e. The zero-order chi connectivity index (χ0) is 17.9. The van der Waals surface area contributed by atoms with Crippen LogP contribution in [-0.4, -0.2) is 42.0 Å². The molecule has 0 radical (unpaired) electrons. The van der Waals surface area contributed by atoms with Crippen molar-refractivity contribution in [3.8, 4) is 10.4 Å². The summed E-state index contributed by atoms with van der Waals surface area (Å²) in [7, 11) is 0. The molecule has 4 rings (SSSR count). The van der Waals surface area contributed by atoms with Gasteiger partial charge in [-0.1, -0.05) is 6.07 Å². The summed E-state index contributed by atoms with van der Waals surface area (Å²) in [5.74, 6) is 0.868. The molecule has 0 aliphatic carbocycles. The van der Waals surface area contributed by atoms with Crippen LogP contribution in [0, 0.1) is 5.41 Å². The second-order valence-electron chi connectivity index (χ2n) is 6.04. The zero-order valence-electron chi connectivity index (χ0n) is 14.2. The number of hydrogen-bond acceptors (Lipinski definition) is 7. The molecule has 1 aliphatic rings. The predicted octanol–water partition coefficient (Wildman–Crippen LogP) is 3.04. The first kappa shape index (κ1) is 16.7. The molecule has 0 saturated carbocycles. The monoisotopic (exact) mass is 365 g/mol. The Hall–Kier alpha value is -2.77. The number of nitrogens with zero attached hydrogens (tertiary/aromatic N) is 3. The van der Waals surface area contributed by atoms with Gasteiger partial charge in [0.15, 0.2) is 0 Å². The van der Waals surface area contributed by atoms with Crippen molar-refractivity contribution in [2.75, 3.05) is 36.9 Å². The van der Waals surface area contributed by atoms with Gasteiger partial charge in [-0.3, -0.25) is 10.4 Å². The third-order valence-electron chi connectivity index (χ3n) is 4.41. The van der Waals surface area contributed by atoms with Gasteiger partial charge in [0.25, 0.3) is 0 Å². The van der Waals surface area contributed by atoms with Crippen LogP contribution in [0.4, 0.5) is 11.5 Å². The highest BCUT2D eigenvalue weighted by molar-refractivity contribution is 7.13. The number of hydrogen-bond donors (Lipinski definition) is 2. The average Bonchev–Trinajstić information content (AvgIpc) is 3.23. The summed E-state index contributed by atoms with van der Waals surface area (Å²) in [5, 5.41) is 8.68.